The van der Waals surface area contributed by atoms with Gasteiger partial charge in [0.25, 0.3) is 15.9 Å². The van der Waals surface area contributed by atoms with E-state index in [9.17, 15) is 18.0 Å². The second-order valence-corrected chi connectivity index (χ2v) is 9.50. The lowest BCUT2D eigenvalue weighted by atomic mass is 10.1. The summed E-state index contributed by atoms with van der Waals surface area (Å²) in [6.07, 6.45) is 1.28. The second kappa shape index (κ2) is 8.71. The Morgan fingerprint density at radius 2 is 1.71 bits per heavy atom. The van der Waals surface area contributed by atoms with Gasteiger partial charge in [0.05, 0.1) is 16.1 Å². The first-order valence-corrected chi connectivity index (χ1v) is 12.1. The number of nitrogens with zero attached hydrogens (tertiary/aromatic N) is 1. The molecule has 2 aliphatic rings. The third-order valence-corrected chi connectivity index (χ3v) is 6.96. The van der Waals surface area contributed by atoms with Crippen molar-refractivity contribution in [1.29, 1.82) is 0 Å². The van der Waals surface area contributed by atoms with Crippen LogP contribution in [0, 0.1) is 0 Å². The maximum absolute atomic E-state index is 13.0. The van der Waals surface area contributed by atoms with E-state index < -0.39 is 15.9 Å². The molecule has 174 valence electrons. The molecule has 3 aromatic carbocycles. The van der Waals surface area contributed by atoms with Crippen molar-refractivity contribution in [3.05, 3.63) is 72.3 Å². The molecule has 2 amide bonds. The zero-order chi connectivity index (χ0) is 23.7. The van der Waals surface area contributed by atoms with Crippen LogP contribution in [0.25, 0.3) is 0 Å². The van der Waals surface area contributed by atoms with Crippen LogP contribution in [-0.2, 0) is 14.8 Å². The number of para-hydroxylation sites is 1. The van der Waals surface area contributed by atoms with Crippen LogP contribution < -0.4 is 24.4 Å². The highest BCUT2D eigenvalue weighted by atomic mass is 32.2. The topological polar surface area (TPSA) is 114 Å². The molecular weight excluding hydrogens is 458 g/mol. The quantitative estimate of drug-likeness (QED) is 0.559. The fourth-order valence-corrected chi connectivity index (χ4v) is 4.95. The number of nitrogens with one attached hydrogen (secondary N) is 2. The van der Waals surface area contributed by atoms with E-state index in [0.717, 1.165) is 6.42 Å². The van der Waals surface area contributed by atoms with Gasteiger partial charge in [-0.2, -0.15) is 0 Å². The van der Waals surface area contributed by atoms with E-state index in [-0.39, 0.29) is 28.8 Å². The van der Waals surface area contributed by atoms with Gasteiger partial charge in [-0.1, -0.05) is 12.1 Å². The Morgan fingerprint density at radius 3 is 2.47 bits per heavy atom. The number of amides is 2. The van der Waals surface area contributed by atoms with Gasteiger partial charge in [0, 0.05) is 30.4 Å². The molecule has 5 rings (SSSR count). The Balaban J connectivity index is 1.34. The van der Waals surface area contributed by atoms with Crippen molar-refractivity contribution in [2.75, 3.05) is 28.3 Å². The number of rotatable bonds is 6. The van der Waals surface area contributed by atoms with Crippen LogP contribution >= 0.6 is 0 Å². The maximum atomic E-state index is 13.0. The van der Waals surface area contributed by atoms with E-state index in [0.29, 0.717) is 35.8 Å². The summed E-state index contributed by atoms with van der Waals surface area (Å²) < 4.78 is 39.1. The van der Waals surface area contributed by atoms with Gasteiger partial charge < -0.3 is 19.7 Å². The van der Waals surface area contributed by atoms with Gasteiger partial charge in [-0.05, 0) is 55.0 Å². The number of carbonyl (C=O) groups excluding carboxylic acids is 2. The zero-order valence-electron chi connectivity index (χ0n) is 18.0. The molecule has 9 nitrogen and oxygen atoms in total. The van der Waals surface area contributed by atoms with Crippen molar-refractivity contribution in [3.63, 3.8) is 0 Å². The molecule has 2 N–H and O–H groups in total. The summed E-state index contributed by atoms with van der Waals surface area (Å²) in [6.45, 7) is 0.738. The van der Waals surface area contributed by atoms with Crippen molar-refractivity contribution < 1.29 is 27.5 Å². The Morgan fingerprint density at radius 1 is 0.941 bits per heavy atom. The fraction of sp³-hybridized carbons (Fsp3) is 0.167. The summed E-state index contributed by atoms with van der Waals surface area (Å²) >= 11 is 0. The highest BCUT2D eigenvalue weighted by molar-refractivity contribution is 7.92. The highest BCUT2D eigenvalue weighted by Crippen LogP contribution is 2.34. The third kappa shape index (κ3) is 4.27. The number of hydrogen-bond acceptors (Lipinski definition) is 6. The largest absolute Gasteiger partial charge is 0.454 e. The first-order valence-electron chi connectivity index (χ1n) is 10.6. The molecule has 0 unspecified atom stereocenters. The lowest BCUT2D eigenvalue weighted by Crippen LogP contribution is -2.23. The molecule has 0 spiro atoms. The number of hydrogen-bond donors (Lipinski definition) is 2. The van der Waals surface area contributed by atoms with Crippen LogP contribution in [0.1, 0.15) is 23.2 Å². The minimum atomic E-state index is -3.97. The van der Waals surface area contributed by atoms with Gasteiger partial charge in [-0.25, -0.2) is 8.42 Å². The van der Waals surface area contributed by atoms with E-state index in [1.807, 2.05) is 0 Å². The van der Waals surface area contributed by atoms with E-state index >= 15 is 0 Å². The summed E-state index contributed by atoms with van der Waals surface area (Å²) in [5.74, 6) is 0.647. The monoisotopic (exact) mass is 479 g/mol. The molecule has 1 fully saturated rings. The van der Waals surface area contributed by atoms with Crippen LogP contribution in [0.15, 0.2) is 71.6 Å². The lowest BCUT2D eigenvalue weighted by Gasteiger charge is -2.16. The molecule has 0 radical (unpaired) electrons. The first-order chi connectivity index (χ1) is 16.4. The Labute approximate surface area is 196 Å². The van der Waals surface area contributed by atoms with E-state index in [1.54, 1.807) is 47.4 Å². The Hall–Kier alpha value is -4.05. The zero-order valence-corrected chi connectivity index (χ0v) is 18.8. The maximum Gasteiger partial charge on any atom is 0.261 e. The summed E-state index contributed by atoms with van der Waals surface area (Å²) in [4.78, 5) is 26.5. The van der Waals surface area contributed by atoms with Gasteiger partial charge in [-0.15, -0.1) is 0 Å². The molecule has 10 heteroatoms. The second-order valence-electron chi connectivity index (χ2n) is 7.82. The van der Waals surface area contributed by atoms with Crippen molar-refractivity contribution in [2.24, 2.45) is 0 Å². The molecule has 1 saturated heterocycles. The van der Waals surface area contributed by atoms with Crippen LogP contribution in [0.5, 0.6) is 11.5 Å². The first kappa shape index (κ1) is 21.8. The minimum absolute atomic E-state index is 0.0221. The standard InChI is InChI=1S/C24H21N3O6S/c28-23-6-3-13-27(23)17-8-10-18(11-9-17)34(30,31)26-20-5-2-1-4-19(20)24(29)25-16-7-12-21-22(14-16)33-15-32-21/h1-2,4-5,7-12,14,26H,3,6,13,15H2,(H,25,29). The van der Waals surface area contributed by atoms with Crippen LogP contribution in [0.4, 0.5) is 17.1 Å². The van der Waals surface area contributed by atoms with Crippen LogP contribution in [0.2, 0.25) is 0 Å². The van der Waals surface area contributed by atoms with Gasteiger partial charge in [-0.3, -0.25) is 14.3 Å². The minimum Gasteiger partial charge on any atom is -0.454 e. The van der Waals surface area contributed by atoms with Crippen molar-refractivity contribution in [1.82, 2.24) is 0 Å². The highest BCUT2D eigenvalue weighted by Gasteiger charge is 2.23. The number of anilines is 3. The van der Waals surface area contributed by atoms with Crippen molar-refractivity contribution in [3.8, 4) is 11.5 Å². The molecule has 3 aromatic rings. The average Bonchev–Trinajstić information content (AvgIpc) is 3.47. The van der Waals surface area contributed by atoms with E-state index in [1.165, 1.54) is 24.3 Å². The van der Waals surface area contributed by atoms with Crippen LogP contribution in [-0.4, -0.2) is 33.6 Å². The van der Waals surface area contributed by atoms with Gasteiger partial charge in [0.1, 0.15) is 0 Å². The lowest BCUT2D eigenvalue weighted by molar-refractivity contribution is -0.117. The number of benzene rings is 3. The number of fused-ring (bicyclic) bond motifs is 1. The fourth-order valence-electron chi connectivity index (χ4n) is 3.87. The van der Waals surface area contributed by atoms with Crippen molar-refractivity contribution >= 4 is 38.9 Å². The molecule has 0 atom stereocenters. The summed E-state index contributed by atoms with van der Waals surface area (Å²) in [5.41, 5.74) is 1.44. The van der Waals surface area contributed by atoms with Crippen molar-refractivity contribution in [2.45, 2.75) is 17.7 Å². The van der Waals surface area contributed by atoms with Gasteiger partial charge in [0.2, 0.25) is 12.7 Å². The normalized spacial score (nSPS) is 14.8. The predicted octanol–water partition coefficient (Wildman–Crippen LogP) is 3.60. The number of sulfonamides is 1. The molecule has 0 bridgehead atoms. The molecule has 0 saturated carbocycles. The van der Waals surface area contributed by atoms with Gasteiger partial charge in [0.15, 0.2) is 11.5 Å². The third-order valence-electron chi connectivity index (χ3n) is 5.58. The van der Waals surface area contributed by atoms with Crippen LogP contribution in [0.3, 0.4) is 0 Å². The summed E-state index contributed by atoms with van der Waals surface area (Å²) in [7, 11) is -3.97. The van der Waals surface area contributed by atoms with E-state index in [4.69, 9.17) is 9.47 Å². The molecule has 2 heterocycles. The molecule has 0 aromatic heterocycles. The summed E-state index contributed by atoms with van der Waals surface area (Å²) in [5, 5.41) is 2.75. The predicted molar refractivity (Wildman–Crippen MR) is 126 cm³/mol. The Kier molecular flexibility index (Phi) is 5.58. The average molecular weight is 480 g/mol. The van der Waals surface area contributed by atoms with E-state index in [2.05, 4.69) is 10.0 Å². The molecule has 2 aliphatic heterocycles. The SMILES string of the molecule is O=C(Nc1ccc2c(c1)OCO2)c1ccccc1NS(=O)(=O)c1ccc(N2CCCC2=O)cc1. The molecular formula is C24H21N3O6S. The van der Waals surface area contributed by atoms with Gasteiger partial charge >= 0.3 is 0 Å². The Bertz CT molecular complexity index is 1370. The summed E-state index contributed by atoms with van der Waals surface area (Å²) in [6, 6.07) is 17.4. The molecule has 0 aliphatic carbocycles. The smallest absolute Gasteiger partial charge is 0.261 e. The number of carbonyl (C=O) groups is 2. The molecule has 34 heavy (non-hydrogen) atoms. The number of ether oxygens (including phenoxy) is 2.